The summed E-state index contributed by atoms with van der Waals surface area (Å²) in [4.78, 5) is 24.8. The predicted molar refractivity (Wildman–Crippen MR) is 107 cm³/mol. The van der Waals surface area contributed by atoms with Gasteiger partial charge in [-0.25, -0.2) is 4.98 Å². The second kappa shape index (κ2) is 7.21. The summed E-state index contributed by atoms with van der Waals surface area (Å²) in [6, 6.07) is 18.9. The average Bonchev–Trinajstić information content (AvgIpc) is 2.69. The Balaban J connectivity index is 1.59. The van der Waals surface area contributed by atoms with Gasteiger partial charge >= 0.3 is 0 Å². The molecule has 0 atom stereocenters. The maximum absolute atomic E-state index is 11.5. The minimum absolute atomic E-state index is 0.0205. The Kier molecular flexibility index (Phi) is 4.45. The van der Waals surface area contributed by atoms with Crippen molar-refractivity contribution >= 4 is 39.8 Å². The normalized spacial score (nSPS) is 10.6. The standard InChI is InChI=1S/C21H17N5O/c1-14(27)16-6-2-8-17(13-16)24-19-10-12-23-21(26-19)25-18-9-3-5-15-7-4-11-22-20(15)18/h2-13H,1H3,(H2,23,24,25,26). The minimum atomic E-state index is 0.0205. The number of nitrogens with one attached hydrogen (secondary N) is 2. The molecule has 0 radical (unpaired) electrons. The molecule has 0 unspecified atom stereocenters. The summed E-state index contributed by atoms with van der Waals surface area (Å²) >= 11 is 0. The maximum atomic E-state index is 11.5. The number of aromatic nitrogens is 3. The molecule has 2 heterocycles. The fraction of sp³-hybridized carbons (Fsp3) is 0.0476. The lowest BCUT2D eigenvalue weighted by Crippen LogP contribution is -2.01. The van der Waals surface area contributed by atoms with Crippen molar-refractivity contribution in [3.8, 4) is 0 Å². The second-order valence-corrected chi connectivity index (χ2v) is 6.03. The first-order chi connectivity index (χ1) is 13.2. The third kappa shape index (κ3) is 3.74. The summed E-state index contributed by atoms with van der Waals surface area (Å²) < 4.78 is 0. The minimum Gasteiger partial charge on any atom is -0.340 e. The first-order valence-electron chi connectivity index (χ1n) is 8.51. The van der Waals surface area contributed by atoms with Gasteiger partial charge in [-0.2, -0.15) is 4.98 Å². The number of Topliss-reactive ketones (excluding diaryl/α,β-unsaturated/α-hetero) is 1. The summed E-state index contributed by atoms with van der Waals surface area (Å²) in [5, 5.41) is 7.47. The highest BCUT2D eigenvalue weighted by molar-refractivity contribution is 5.95. The van der Waals surface area contributed by atoms with Crippen LogP contribution in [-0.2, 0) is 0 Å². The van der Waals surface area contributed by atoms with Gasteiger partial charge in [-0.3, -0.25) is 9.78 Å². The number of fused-ring (bicyclic) bond motifs is 1. The molecule has 0 amide bonds. The largest absolute Gasteiger partial charge is 0.340 e. The topological polar surface area (TPSA) is 79.8 Å². The monoisotopic (exact) mass is 355 g/mol. The van der Waals surface area contributed by atoms with Crippen LogP contribution in [-0.4, -0.2) is 20.7 Å². The number of anilines is 4. The van der Waals surface area contributed by atoms with Crippen molar-refractivity contribution in [3.05, 3.63) is 78.6 Å². The maximum Gasteiger partial charge on any atom is 0.229 e. The number of carbonyl (C=O) groups excluding carboxylic acids is 1. The summed E-state index contributed by atoms with van der Waals surface area (Å²) in [6.45, 7) is 1.55. The van der Waals surface area contributed by atoms with Crippen LogP contribution >= 0.6 is 0 Å². The van der Waals surface area contributed by atoms with Gasteiger partial charge in [0.05, 0.1) is 11.2 Å². The number of hydrogen-bond donors (Lipinski definition) is 2. The van der Waals surface area contributed by atoms with Crippen LogP contribution in [0.5, 0.6) is 0 Å². The lowest BCUT2D eigenvalue weighted by Gasteiger charge is -2.10. The zero-order valence-electron chi connectivity index (χ0n) is 14.7. The van der Waals surface area contributed by atoms with Gasteiger partial charge < -0.3 is 10.6 Å². The van der Waals surface area contributed by atoms with Crippen molar-refractivity contribution in [2.24, 2.45) is 0 Å². The van der Waals surface area contributed by atoms with E-state index in [-0.39, 0.29) is 5.78 Å². The van der Waals surface area contributed by atoms with Gasteiger partial charge in [0.25, 0.3) is 0 Å². The van der Waals surface area contributed by atoms with Gasteiger partial charge in [0.1, 0.15) is 5.82 Å². The molecule has 6 heteroatoms. The summed E-state index contributed by atoms with van der Waals surface area (Å²) in [5.74, 6) is 1.11. The molecule has 0 aliphatic carbocycles. The number of rotatable bonds is 5. The van der Waals surface area contributed by atoms with E-state index >= 15 is 0 Å². The fourth-order valence-electron chi connectivity index (χ4n) is 2.78. The Hall–Kier alpha value is -3.80. The Morgan fingerprint density at radius 3 is 2.63 bits per heavy atom. The van der Waals surface area contributed by atoms with Crippen molar-refractivity contribution in [2.75, 3.05) is 10.6 Å². The molecular formula is C21H17N5O. The second-order valence-electron chi connectivity index (χ2n) is 6.03. The van der Waals surface area contributed by atoms with Crippen molar-refractivity contribution in [1.82, 2.24) is 15.0 Å². The summed E-state index contributed by atoms with van der Waals surface area (Å²) in [6.07, 6.45) is 3.43. The molecule has 4 aromatic rings. The highest BCUT2D eigenvalue weighted by Gasteiger charge is 2.06. The van der Waals surface area contributed by atoms with Crippen LogP contribution in [0.3, 0.4) is 0 Å². The molecule has 0 aliphatic heterocycles. The van der Waals surface area contributed by atoms with E-state index in [1.807, 2.05) is 42.5 Å². The van der Waals surface area contributed by atoms with E-state index in [1.54, 1.807) is 37.5 Å². The van der Waals surface area contributed by atoms with E-state index in [0.29, 0.717) is 17.3 Å². The molecule has 132 valence electrons. The zero-order valence-corrected chi connectivity index (χ0v) is 14.7. The number of hydrogen-bond acceptors (Lipinski definition) is 6. The van der Waals surface area contributed by atoms with Crippen LogP contribution in [0, 0.1) is 0 Å². The molecule has 0 fully saturated rings. The van der Waals surface area contributed by atoms with E-state index < -0.39 is 0 Å². The third-order valence-electron chi connectivity index (χ3n) is 4.08. The van der Waals surface area contributed by atoms with E-state index in [4.69, 9.17) is 0 Å². The molecule has 27 heavy (non-hydrogen) atoms. The van der Waals surface area contributed by atoms with E-state index in [9.17, 15) is 4.79 Å². The van der Waals surface area contributed by atoms with Crippen LogP contribution in [0.2, 0.25) is 0 Å². The van der Waals surface area contributed by atoms with Gasteiger partial charge in [-0.15, -0.1) is 0 Å². The lowest BCUT2D eigenvalue weighted by atomic mass is 10.1. The Morgan fingerprint density at radius 2 is 1.74 bits per heavy atom. The average molecular weight is 355 g/mol. The van der Waals surface area contributed by atoms with Crippen molar-refractivity contribution < 1.29 is 4.79 Å². The SMILES string of the molecule is CC(=O)c1cccc(Nc2ccnc(Nc3cccc4cccnc34)n2)c1. The van der Waals surface area contributed by atoms with Crippen LogP contribution in [0.4, 0.5) is 23.1 Å². The van der Waals surface area contributed by atoms with E-state index in [1.165, 1.54) is 0 Å². The Labute approximate surface area is 156 Å². The first-order valence-corrected chi connectivity index (χ1v) is 8.51. The first kappa shape index (κ1) is 16.7. The van der Waals surface area contributed by atoms with E-state index in [2.05, 4.69) is 25.6 Å². The van der Waals surface area contributed by atoms with Crippen molar-refractivity contribution in [2.45, 2.75) is 6.92 Å². The van der Waals surface area contributed by atoms with Crippen molar-refractivity contribution in [1.29, 1.82) is 0 Å². The molecule has 6 nitrogen and oxygen atoms in total. The number of nitrogens with zero attached hydrogens (tertiary/aromatic N) is 3. The number of benzene rings is 2. The fourth-order valence-corrected chi connectivity index (χ4v) is 2.78. The van der Waals surface area contributed by atoms with Crippen LogP contribution < -0.4 is 10.6 Å². The highest BCUT2D eigenvalue weighted by atomic mass is 16.1. The van der Waals surface area contributed by atoms with Crippen LogP contribution in [0.15, 0.2) is 73.1 Å². The number of ketones is 1. The number of carbonyl (C=O) groups is 1. The molecule has 0 saturated carbocycles. The third-order valence-corrected chi connectivity index (χ3v) is 4.08. The summed E-state index contributed by atoms with van der Waals surface area (Å²) in [7, 11) is 0. The molecule has 2 N–H and O–H groups in total. The molecule has 0 bridgehead atoms. The summed E-state index contributed by atoms with van der Waals surface area (Å²) in [5.41, 5.74) is 3.13. The molecule has 2 aromatic heterocycles. The van der Waals surface area contributed by atoms with E-state index in [0.717, 1.165) is 22.3 Å². The predicted octanol–water partition coefficient (Wildman–Crippen LogP) is 4.71. The quantitative estimate of drug-likeness (QED) is 0.505. The van der Waals surface area contributed by atoms with Gasteiger partial charge in [-0.1, -0.05) is 30.3 Å². The van der Waals surface area contributed by atoms with Crippen LogP contribution in [0.25, 0.3) is 10.9 Å². The Morgan fingerprint density at radius 1 is 0.889 bits per heavy atom. The van der Waals surface area contributed by atoms with Gasteiger partial charge in [0.15, 0.2) is 5.78 Å². The molecule has 4 rings (SSSR count). The molecule has 0 saturated heterocycles. The Bertz CT molecular complexity index is 1120. The smallest absolute Gasteiger partial charge is 0.229 e. The molecule has 0 spiro atoms. The highest BCUT2D eigenvalue weighted by Crippen LogP contribution is 2.24. The van der Waals surface area contributed by atoms with Crippen molar-refractivity contribution in [3.63, 3.8) is 0 Å². The molecule has 2 aromatic carbocycles. The zero-order chi connectivity index (χ0) is 18.6. The number of para-hydroxylation sites is 1. The van der Waals surface area contributed by atoms with Gasteiger partial charge in [0.2, 0.25) is 5.95 Å². The van der Waals surface area contributed by atoms with Crippen LogP contribution in [0.1, 0.15) is 17.3 Å². The molecular weight excluding hydrogens is 338 g/mol. The molecule has 0 aliphatic rings. The van der Waals surface area contributed by atoms with Gasteiger partial charge in [0, 0.05) is 29.0 Å². The lowest BCUT2D eigenvalue weighted by molar-refractivity contribution is 0.101. The number of pyridine rings is 1. The van der Waals surface area contributed by atoms with Gasteiger partial charge in [-0.05, 0) is 37.3 Å².